The predicted molar refractivity (Wildman–Crippen MR) is 65.9 cm³/mol. The summed E-state index contributed by atoms with van der Waals surface area (Å²) in [5, 5.41) is 0. The first-order chi connectivity index (χ1) is 6.86. The standard InChI is InChI=1S/C8H18Cl2N2O3S.ClH/c1-8(2,11(9)10)7-12(3,4)5-6-16(13,14)15;/h5-7H2,1-4H3;1H. The second-order valence-corrected chi connectivity index (χ2v) is 7.57. The van der Waals surface area contributed by atoms with Crippen LogP contribution in [0.3, 0.4) is 0 Å². The molecule has 17 heavy (non-hydrogen) atoms. The Labute approximate surface area is 120 Å². The van der Waals surface area contributed by atoms with Crippen molar-refractivity contribution in [3.8, 4) is 0 Å². The van der Waals surface area contributed by atoms with Gasteiger partial charge in [-0.15, -0.1) is 3.94 Å². The third kappa shape index (κ3) is 9.30. The molecule has 0 aliphatic heterocycles. The van der Waals surface area contributed by atoms with Gasteiger partial charge in [0.05, 0.1) is 32.7 Å². The molecule has 9 heteroatoms. The second kappa shape index (κ2) is 6.75. The number of halogens is 3. The van der Waals surface area contributed by atoms with Gasteiger partial charge in [0, 0.05) is 0 Å². The number of nitrogens with zero attached hydrogens (tertiary/aromatic N) is 2. The summed E-state index contributed by atoms with van der Waals surface area (Å²) in [5.74, 6) is -0.277. The van der Waals surface area contributed by atoms with Crippen molar-refractivity contribution >= 4 is 33.7 Å². The summed E-state index contributed by atoms with van der Waals surface area (Å²) in [4.78, 5) is 0. The molecule has 0 bridgehead atoms. The minimum atomic E-state index is -3.93. The summed E-state index contributed by atoms with van der Waals surface area (Å²) in [6, 6.07) is 0. The van der Waals surface area contributed by atoms with Crippen molar-refractivity contribution < 1.29 is 29.9 Å². The molecule has 0 aromatic rings. The van der Waals surface area contributed by atoms with Gasteiger partial charge in [0.1, 0.15) is 5.75 Å². The van der Waals surface area contributed by atoms with Crippen LogP contribution in [-0.4, -0.2) is 59.9 Å². The highest BCUT2D eigenvalue weighted by Crippen LogP contribution is 2.22. The predicted octanol–water partition coefficient (Wildman–Crippen LogP) is -1.66. The number of hydrogen-bond acceptors (Lipinski definition) is 3. The lowest BCUT2D eigenvalue weighted by molar-refractivity contribution is -0.891. The Morgan fingerprint density at radius 3 is 2.00 bits per heavy atom. The van der Waals surface area contributed by atoms with Crippen LogP contribution in [0.2, 0.25) is 0 Å². The summed E-state index contributed by atoms with van der Waals surface area (Å²) in [7, 11) is -0.226. The molecule has 0 aliphatic carbocycles. The fraction of sp³-hybridized carbons (Fsp3) is 1.00. The van der Waals surface area contributed by atoms with E-state index < -0.39 is 15.7 Å². The lowest BCUT2D eigenvalue weighted by Gasteiger charge is -2.38. The Hall–Kier alpha value is 0.700. The van der Waals surface area contributed by atoms with Gasteiger partial charge in [-0.2, -0.15) is 8.42 Å². The van der Waals surface area contributed by atoms with Gasteiger partial charge in [-0.3, -0.25) is 4.55 Å². The monoisotopic (exact) mass is 328 g/mol. The molecule has 0 aliphatic rings. The Morgan fingerprint density at radius 1 is 1.29 bits per heavy atom. The zero-order chi connectivity index (χ0) is 13.2. The van der Waals surface area contributed by atoms with Crippen LogP contribution in [0.5, 0.6) is 0 Å². The van der Waals surface area contributed by atoms with Crippen molar-refractivity contribution in [3.63, 3.8) is 0 Å². The molecule has 0 saturated carbocycles. The van der Waals surface area contributed by atoms with Gasteiger partial charge >= 0.3 is 0 Å². The highest BCUT2D eigenvalue weighted by Gasteiger charge is 2.33. The molecule has 0 amide bonds. The van der Waals surface area contributed by atoms with E-state index in [1.807, 2.05) is 27.9 Å². The van der Waals surface area contributed by atoms with Gasteiger partial charge < -0.3 is 16.9 Å². The van der Waals surface area contributed by atoms with Crippen LogP contribution in [0.25, 0.3) is 0 Å². The third-order valence-electron chi connectivity index (χ3n) is 2.23. The van der Waals surface area contributed by atoms with Crippen molar-refractivity contribution in [2.45, 2.75) is 19.4 Å². The van der Waals surface area contributed by atoms with Crippen LogP contribution in [-0.2, 0) is 10.1 Å². The first kappa shape index (κ1) is 20.0. The van der Waals surface area contributed by atoms with E-state index in [2.05, 4.69) is 0 Å². The zero-order valence-electron chi connectivity index (χ0n) is 10.3. The molecule has 0 unspecified atom stereocenters. The fourth-order valence-electron chi connectivity index (χ4n) is 1.54. The smallest absolute Gasteiger partial charge is 0.270 e. The highest BCUT2D eigenvalue weighted by atomic mass is 35.5. The quantitative estimate of drug-likeness (QED) is 0.360. The highest BCUT2D eigenvalue weighted by molar-refractivity contribution is 7.85. The number of quaternary nitrogens is 1. The van der Waals surface area contributed by atoms with Gasteiger partial charge in [0.15, 0.2) is 0 Å². The van der Waals surface area contributed by atoms with Crippen molar-refractivity contribution in [3.05, 3.63) is 0 Å². The number of hydrogen-bond donors (Lipinski definition) is 1. The van der Waals surface area contributed by atoms with E-state index in [-0.39, 0.29) is 18.2 Å². The molecule has 0 aromatic carbocycles. The molecule has 0 radical (unpaired) electrons. The number of likely N-dealkylation sites (N-methyl/N-ethyl adjacent to an activating group) is 1. The largest absolute Gasteiger partial charge is 1.00 e. The third-order valence-corrected chi connectivity index (χ3v) is 3.84. The molecule has 0 aromatic heterocycles. The molecular formula is C8H19Cl3N2O3S. The van der Waals surface area contributed by atoms with E-state index in [9.17, 15) is 8.42 Å². The van der Waals surface area contributed by atoms with E-state index in [1.54, 1.807) is 0 Å². The van der Waals surface area contributed by atoms with Crippen LogP contribution >= 0.6 is 23.6 Å². The summed E-state index contributed by atoms with van der Waals surface area (Å²) < 4.78 is 31.5. The minimum absolute atomic E-state index is 0. The molecule has 0 spiro atoms. The van der Waals surface area contributed by atoms with Crippen molar-refractivity contribution in [2.75, 3.05) is 32.9 Å². The molecule has 1 N–H and O–H groups in total. The van der Waals surface area contributed by atoms with E-state index in [4.69, 9.17) is 28.1 Å². The summed E-state index contributed by atoms with van der Waals surface area (Å²) >= 11 is 11.4. The van der Waals surface area contributed by atoms with Crippen molar-refractivity contribution in [2.24, 2.45) is 0 Å². The molecular weight excluding hydrogens is 311 g/mol. The first-order valence-electron chi connectivity index (χ1n) is 4.75. The molecule has 0 heterocycles. The molecule has 0 fully saturated rings. The van der Waals surface area contributed by atoms with Gasteiger partial charge in [-0.05, 0) is 37.4 Å². The zero-order valence-corrected chi connectivity index (χ0v) is 13.4. The fourth-order valence-corrected chi connectivity index (χ4v) is 2.37. The molecule has 0 atom stereocenters. The van der Waals surface area contributed by atoms with Crippen LogP contribution < -0.4 is 12.4 Å². The summed E-state index contributed by atoms with van der Waals surface area (Å²) in [5.41, 5.74) is -0.480. The number of rotatable bonds is 6. The van der Waals surface area contributed by atoms with Crippen molar-refractivity contribution in [1.82, 2.24) is 3.94 Å². The normalized spacial score (nSPS) is 13.6. The second-order valence-electron chi connectivity index (χ2n) is 5.15. The Morgan fingerprint density at radius 2 is 1.71 bits per heavy atom. The molecule has 0 saturated heterocycles. The van der Waals surface area contributed by atoms with Gasteiger partial charge in [0.25, 0.3) is 10.1 Å². The minimum Gasteiger partial charge on any atom is -1.00 e. The van der Waals surface area contributed by atoms with Gasteiger partial charge in [-0.1, -0.05) is 0 Å². The first-order valence-corrected chi connectivity index (χ1v) is 7.03. The maximum absolute atomic E-state index is 10.7. The lowest BCUT2D eigenvalue weighted by atomic mass is 10.1. The van der Waals surface area contributed by atoms with Gasteiger partial charge in [0.2, 0.25) is 0 Å². The Balaban J connectivity index is 0. The van der Waals surface area contributed by atoms with Crippen molar-refractivity contribution in [1.29, 1.82) is 0 Å². The summed E-state index contributed by atoms with van der Waals surface area (Å²) in [6.45, 7) is 4.54. The van der Waals surface area contributed by atoms with E-state index in [0.29, 0.717) is 17.6 Å². The average molecular weight is 330 g/mol. The molecule has 106 valence electrons. The lowest BCUT2D eigenvalue weighted by Crippen LogP contribution is -3.00. The maximum Gasteiger partial charge on any atom is 0.270 e. The van der Waals surface area contributed by atoms with Crippen LogP contribution in [0.15, 0.2) is 0 Å². The van der Waals surface area contributed by atoms with Crippen LogP contribution in [0.1, 0.15) is 13.8 Å². The van der Waals surface area contributed by atoms with Crippen LogP contribution in [0.4, 0.5) is 0 Å². The van der Waals surface area contributed by atoms with E-state index >= 15 is 0 Å². The van der Waals surface area contributed by atoms with Gasteiger partial charge in [-0.25, -0.2) is 0 Å². The SMILES string of the molecule is CC(C)(C[N+](C)(C)CCS(=O)(=O)O)N(Cl)Cl.[Cl-]. The molecule has 5 nitrogen and oxygen atoms in total. The van der Waals surface area contributed by atoms with Crippen LogP contribution in [0, 0.1) is 0 Å². The van der Waals surface area contributed by atoms with E-state index in [1.165, 1.54) is 0 Å². The summed E-state index contributed by atoms with van der Waals surface area (Å²) in [6.07, 6.45) is 0. The van der Waals surface area contributed by atoms with E-state index in [0.717, 1.165) is 3.94 Å². The maximum atomic E-state index is 10.7. The topological polar surface area (TPSA) is 57.6 Å². The average Bonchev–Trinajstić information content (AvgIpc) is 1.97. The Bertz CT molecular complexity index is 331. The molecule has 0 rings (SSSR count). The Kier molecular flexibility index (Phi) is 7.95.